The second-order valence-corrected chi connectivity index (χ2v) is 4.75. The molecule has 1 nitrogen and oxygen atoms in total. The van der Waals surface area contributed by atoms with Gasteiger partial charge < -0.3 is 0 Å². The van der Waals surface area contributed by atoms with Crippen molar-refractivity contribution in [1.82, 2.24) is 0 Å². The molecule has 0 atom stereocenters. The second kappa shape index (κ2) is 3.67. The first-order chi connectivity index (χ1) is 6.98. The Morgan fingerprint density at radius 1 is 1.40 bits per heavy atom. The third-order valence-electron chi connectivity index (χ3n) is 2.57. The van der Waals surface area contributed by atoms with Crippen molar-refractivity contribution in [3.8, 4) is 0 Å². The first-order valence-electron chi connectivity index (χ1n) is 4.65. The fourth-order valence-electron chi connectivity index (χ4n) is 1.72. The van der Waals surface area contributed by atoms with Gasteiger partial charge >= 0.3 is 0 Å². The zero-order valence-electron chi connectivity index (χ0n) is 7.84. The van der Waals surface area contributed by atoms with E-state index in [0.29, 0.717) is 5.56 Å². The number of hydrogen-bond acceptors (Lipinski definition) is 1. The van der Waals surface area contributed by atoms with Crippen LogP contribution in [0.5, 0.6) is 0 Å². The molecule has 0 amide bonds. The van der Waals surface area contributed by atoms with Gasteiger partial charge in [-0.05, 0) is 12.1 Å². The number of carbonyl (C=O) groups excluding carboxylic acids is 1. The van der Waals surface area contributed by atoms with E-state index in [4.69, 9.17) is 0 Å². The number of ketones is 1. The highest BCUT2D eigenvalue weighted by Crippen LogP contribution is 2.43. The van der Waals surface area contributed by atoms with Gasteiger partial charge in [-0.1, -0.05) is 28.1 Å². The second-order valence-electron chi connectivity index (χ2n) is 3.84. The van der Waals surface area contributed by atoms with Gasteiger partial charge in [0.1, 0.15) is 0 Å². The number of carbonyl (C=O) groups is 1. The standard InChI is InChI=1S/C11H9BrF2O/c12-9-3-1-2-7(4-9)10(15)8-5-11(13,14)6-8/h1-4,8H,5-6H2. The molecular weight excluding hydrogens is 266 g/mol. The van der Waals surface area contributed by atoms with Crippen molar-refractivity contribution in [2.24, 2.45) is 5.92 Å². The van der Waals surface area contributed by atoms with E-state index >= 15 is 0 Å². The van der Waals surface area contributed by atoms with E-state index in [9.17, 15) is 13.6 Å². The van der Waals surface area contributed by atoms with Gasteiger partial charge in [0.2, 0.25) is 5.92 Å². The van der Waals surface area contributed by atoms with E-state index in [-0.39, 0.29) is 18.6 Å². The molecule has 1 aromatic rings. The monoisotopic (exact) mass is 274 g/mol. The quantitative estimate of drug-likeness (QED) is 0.752. The Bertz CT molecular complexity index is 395. The molecule has 0 unspecified atom stereocenters. The van der Waals surface area contributed by atoms with Crippen LogP contribution in [0.1, 0.15) is 23.2 Å². The van der Waals surface area contributed by atoms with E-state index in [0.717, 1.165) is 4.47 Å². The van der Waals surface area contributed by atoms with E-state index in [1.54, 1.807) is 24.3 Å². The molecule has 4 heteroatoms. The van der Waals surface area contributed by atoms with Crippen LogP contribution in [0.2, 0.25) is 0 Å². The first-order valence-corrected chi connectivity index (χ1v) is 5.45. The normalized spacial score (nSPS) is 19.7. The summed E-state index contributed by atoms with van der Waals surface area (Å²) in [7, 11) is 0. The van der Waals surface area contributed by atoms with Crippen LogP contribution in [0.15, 0.2) is 28.7 Å². The molecule has 0 saturated heterocycles. The number of Topliss-reactive ketones (excluding diaryl/α,β-unsaturated/α-hetero) is 1. The van der Waals surface area contributed by atoms with Crippen LogP contribution < -0.4 is 0 Å². The molecule has 0 spiro atoms. The van der Waals surface area contributed by atoms with Gasteiger partial charge in [0.25, 0.3) is 0 Å². The topological polar surface area (TPSA) is 17.1 Å². The molecule has 0 aromatic heterocycles. The minimum atomic E-state index is -2.63. The van der Waals surface area contributed by atoms with Crippen molar-refractivity contribution < 1.29 is 13.6 Å². The predicted molar refractivity (Wildman–Crippen MR) is 56.1 cm³/mol. The van der Waals surface area contributed by atoms with Crippen LogP contribution in [0.25, 0.3) is 0 Å². The molecule has 0 heterocycles. The van der Waals surface area contributed by atoms with E-state index < -0.39 is 11.8 Å². The summed E-state index contributed by atoms with van der Waals surface area (Å²) in [5.41, 5.74) is 0.505. The number of alkyl halides is 2. The molecule has 1 aromatic carbocycles. The van der Waals surface area contributed by atoms with Gasteiger partial charge in [0.05, 0.1) is 0 Å². The third kappa shape index (κ3) is 2.25. The molecular formula is C11H9BrF2O. The van der Waals surface area contributed by atoms with Crippen molar-refractivity contribution in [2.45, 2.75) is 18.8 Å². The molecule has 80 valence electrons. The highest BCUT2D eigenvalue weighted by atomic mass is 79.9. The van der Waals surface area contributed by atoms with E-state index in [1.165, 1.54) is 0 Å². The summed E-state index contributed by atoms with van der Waals surface area (Å²) in [4.78, 5) is 11.7. The average Bonchev–Trinajstić information content (AvgIpc) is 2.13. The molecule has 1 aliphatic rings. The van der Waals surface area contributed by atoms with Crippen molar-refractivity contribution in [1.29, 1.82) is 0 Å². The number of benzene rings is 1. The minimum absolute atomic E-state index is 0.178. The predicted octanol–water partition coefficient (Wildman–Crippen LogP) is 3.68. The summed E-state index contributed by atoms with van der Waals surface area (Å²) < 4.78 is 26.0. The van der Waals surface area contributed by atoms with Crippen LogP contribution in [0.4, 0.5) is 8.78 Å². The fraction of sp³-hybridized carbons (Fsp3) is 0.364. The third-order valence-corrected chi connectivity index (χ3v) is 3.06. The fourth-order valence-corrected chi connectivity index (χ4v) is 2.12. The molecule has 0 radical (unpaired) electrons. The number of hydrogen-bond donors (Lipinski definition) is 0. The maximum absolute atomic E-state index is 12.6. The van der Waals surface area contributed by atoms with Gasteiger partial charge in [-0.2, -0.15) is 0 Å². The summed E-state index contributed by atoms with van der Waals surface area (Å²) in [5, 5.41) is 0. The van der Waals surface area contributed by atoms with Gasteiger partial charge in [-0.3, -0.25) is 4.79 Å². The van der Waals surface area contributed by atoms with E-state index in [1.807, 2.05) is 0 Å². The highest BCUT2D eigenvalue weighted by Gasteiger charge is 2.48. The lowest BCUT2D eigenvalue weighted by Gasteiger charge is -2.33. The zero-order valence-corrected chi connectivity index (χ0v) is 9.43. The van der Waals surface area contributed by atoms with Crippen LogP contribution in [0, 0.1) is 5.92 Å². The van der Waals surface area contributed by atoms with Crippen molar-refractivity contribution in [3.05, 3.63) is 34.3 Å². The zero-order chi connectivity index (χ0) is 11.1. The number of rotatable bonds is 2. The molecule has 1 fully saturated rings. The minimum Gasteiger partial charge on any atom is -0.294 e. The highest BCUT2D eigenvalue weighted by molar-refractivity contribution is 9.10. The summed E-state index contributed by atoms with van der Waals surface area (Å²) in [5.74, 6) is -3.32. The molecule has 15 heavy (non-hydrogen) atoms. The summed E-state index contributed by atoms with van der Waals surface area (Å²) in [6.45, 7) is 0. The Morgan fingerprint density at radius 2 is 2.07 bits per heavy atom. The Balaban J connectivity index is 2.10. The smallest absolute Gasteiger partial charge is 0.249 e. The Hall–Kier alpha value is -0.770. The molecule has 1 saturated carbocycles. The van der Waals surface area contributed by atoms with Gasteiger partial charge in [0, 0.05) is 28.8 Å². The van der Waals surface area contributed by atoms with Gasteiger partial charge in [0.15, 0.2) is 5.78 Å². The molecule has 0 aliphatic heterocycles. The van der Waals surface area contributed by atoms with Crippen LogP contribution in [0.3, 0.4) is 0 Å². The lowest BCUT2D eigenvalue weighted by atomic mass is 9.77. The van der Waals surface area contributed by atoms with Crippen molar-refractivity contribution in [3.63, 3.8) is 0 Å². The van der Waals surface area contributed by atoms with Crippen molar-refractivity contribution >= 4 is 21.7 Å². The van der Waals surface area contributed by atoms with Crippen LogP contribution in [-0.4, -0.2) is 11.7 Å². The number of halogens is 3. The van der Waals surface area contributed by atoms with Gasteiger partial charge in [-0.25, -0.2) is 8.78 Å². The largest absolute Gasteiger partial charge is 0.294 e. The average molecular weight is 275 g/mol. The Morgan fingerprint density at radius 3 is 2.60 bits per heavy atom. The summed E-state index contributed by atoms with van der Waals surface area (Å²) in [6.07, 6.45) is -0.614. The van der Waals surface area contributed by atoms with E-state index in [2.05, 4.69) is 15.9 Å². The van der Waals surface area contributed by atoms with Crippen molar-refractivity contribution in [2.75, 3.05) is 0 Å². The van der Waals surface area contributed by atoms with Crippen LogP contribution >= 0.6 is 15.9 Å². The molecule has 2 rings (SSSR count). The lowest BCUT2D eigenvalue weighted by molar-refractivity contribution is -0.0982. The Kier molecular flexibility index (Phi) is 2.63. The molecule has 0 bridgehead atoms. The van der Waals surface area contributed by atoms with Gasteiger partial charge in [-0.15, -0.1) is 0 Å². The SMILES string of the molecule is O=C(c1cccc(Br)c1)C1CC(F)(F)C1. The maximum Gasteiger partial charge on any atom is 0.249 e. The maximum atomic E-state index is 12.6. The summed E-state index contributed by atoms with van der Waals surface area (Å²) >= 11 is 3.24. The van der Waals surface area contributed by atoms with Crippen LogP contribution in [-0.2, 0) is 0 Å². The lowest BCUT2D eigenvalue weighted by Crippen LogP contribution is -2.39. The summed E-state index contributed by atoms with van der Waals surface area (Å²) in [6, 6.07) is 6.85. The Labute approximate surface area is 94.6 Å². The molecule has 0 N–H and O–H groups in total. The molecule has 1 aliphatic carbocycles. The first kappa shape index (κ1) is 10.7.